The van der Waals surface area contributed by atoms with Gasteiger partial charge in [-0.3, -0.25) is 9.59 Å². The first-order chi connectivity index (χ1) is 10.1. The number of benzene rings is 1. The first-order valence-corrected chi connectivity index (χ1v) is 7.07. The summed E-state index contributed by atoms with van der Waals surface area (Å²) < 4.78 is 12.8. The highest BCUT2D eigenvalue weighted by Crippen LogP contribution is 2.18. The van der Waals surface area contributed by atoms with Gasteiger partial charge in [0.05, 0.1) is 0 Å². The van der Waals surface area contributed by atoms with Gasteiger partial charge in [-0.15, -0.1) is 0 Å². The summed E-state index contributed by atoms with van der Waals surface area (Å²) in [4.78, 5) is 25.7. The van der Waals surface area contributed by atoms with Crippen LogP contribution in [0.4, 0.5) is 4.39 Å². The third kappa shape index (κ3) is 3.90. The molecule has 1 saturated heterocycles. The van der Waals surface area contributed by atoms with Crippen LogP contribution >= 0.6 is 0 Å². The Balaban J connectivity index is 2.06. The number of carbonyl (C=O) groups is 2. The molecule has 1 unspecified atom stereocenters. The van der Waals surface area contributed by atoms with Crippen molar-refractivity contribution in [1.82, 2.24) is 10.2 Å². The molecule has 2 amide bonds. The molecule has 21 heavy (non-hydrogen) atoms. The summed E-state index contributed by atoms with van der Waals surface area (Å²) in [5, 5.41) is 2.60. The van der Waals surface area contributed by atoms with E-state index in [9.17, 15) is 14.0 Å². The average molecular weight is 290 g/mol. The zero-order valence-corrected chi connectivity index (χ0v) is 12.0. The molecular weight excluding hydrogens is 271 g/mol. The molecule has 1 fully saturated rings. The van der Waals surface area contributed by atoms with Crippen molar-refractivity contribution < 1.29 is 14.0 Å². The number of nitrogens with one attached hydrogen (secondary N) is 1. The number of piperidine rings is 1. The molecule has 1 heterocycles. The molecule has 1 aliphatic rings. The van der Waals surface area contributed by atoms with Crippen molar-refractivity contribution in [3.8, 4) is 0 Å². The van der Waals surface area contributed by atoms with Gasteiger partial charge in [-0.1, -0.05) is 12.1 Å². The fourth-order valence-corrected chi connectivity index (χ4v) is 2.47. The number of rotatable bonds is 3. The van der Waals surface area contributed by atoms with Crippen molar-refractivity contribution in [2.24, 2.45) is 0 Å². The summed E-state index contributed by atoms with van der Waals surface area (Å²) in [7, 11) is 1.58. The van der Waals surface area contributed by atoms with Crippen molar-refractivity contribution in [3.63, 3.8) is 0 Å². The Labute approximate surface area is 123 Å². The van der Waals surface area contributed by atoms with Crippen LogP contribution in [-0.2, 0) is 9.59 Å². The molecule has 2 rings (SSSR count). The first-order valence-electron chi connectivity index (χ1n) is 7.07. The minimum Gasteiger partial charge on any atom is -0.357 e. The second-order valence-electron chi connectivity index (χ2n) is 5.04. The van der Waals surface area contributed by atoms with Crippen LogP contribution in [0.3, 0.4) is 0 Å². The predicted molar refractivity (Wildman–Crippen MR) is 78.9 cm³/mol. The van der Waals surface area contributed by atoms with E-state index in [1.54, 1.807) is 30.2 Å². The van der Waals surface area contributed by atoms with E-state index >= 15 is 0 Å². The number of nitrogens with zero attached hydrogens (tertiary/aromatic N) is 1. The lowest BCUT2D eigenvalue weighted by Gasteiger charge is -2.33. The topological polar surface area (TPSA) is 49.4 Å². The average Bonchev–Trinajstić information content (AvgIpc) is 2.53. The van der Waals surface area contributed by atoms with Gasteiger partial charge >= 0.3 is 0 Å². The van der Waals surface area contributed by atoms with Crippen LogP contribution in [0.2, 0.25) is 0 Å². The van der Waals surface area contributed by atoms with Crippen LogP contribution < -0.4 is 5.32 Å². The standard InChI is InChI=1S/C16H19FN2O2/c1-18-16(21)14-4-2-3-11-19(14)15(20)10-7-12-5-8-13(17)9-6-12/h5-10,14H,2-4,11H2,1H3,(H,18,21)/b10-7+. The lowest BCUT2D eigenvalue weighted by molar-refractivity contribution is -0.138. The van der Waals surface area contributed by atoms with E-state index < -0.39 is 6.04 Å². The summed E-state index contributed by atoms with van der Waals surface area (Å²) in [6.45, 7) is 0.588. The van der Waals surface area contributed by atoms with Crippen LogP contribution in [0.1, 0.15) is 24.8 Å². The van der Waals surface area contributed by atoms with Crippen molar-refractivity contribution in [3.05, 3.63) is 41.7 Å². The minimum atomic E-state index is -0.394. The molecule has 0 saturated carbocycles. The molecular formula is C16H19FN2O2. The van der Waals surface area contributed by atoms with Crippen molar-refractivity contribution >= 4 is 17.9 Å². The van der Waals surface area contributed by atoms with Gasteiger partial charge in [-0.2, -0.15) is 0 Å². The lowest BCUT2D eigenvalue weighted by atomic mass is 10.0. The highest BCUT2D eigenvalue weighted by Gasteiger charge is 2.30. The van der Waals surface area contributed by atoms with Gasteiger partial charge in [0.15, 0.2) is 0 Å². The zero-order valence-electron chi connectivity index (χ0n) is 12.0. The third-order valence-corrected chi connectivity index (χ3v) is 3.62. The Hall–Kier alpha value is -2.17. The number of likely N-dealkylation sites (tertiary alicyclic amines) is 1. The summed E-state index contributed by atoms with van der Waals surface area (Å²) in [6, 6.07) is 5.50. The minimum absolute atomic E-state index is 0.127. The monoisotopic (exact) mass is 290 g/mol. The van der Waals surface area contributed by atoms with Gasteiger partial charge in [-0.25, -0.2) is 4.39 Å². The van der Waals surface area contributed by atoms with Crippen molar-refractivity contribution in [2.45, 2.75) is 25.3 Å². The fourth-order valence-electron chi connectivity index (χ4n) is 2.47. The molecule has 4 nitrogen and oxygen atoms in total. The molecule has 0 bridgehead atoms. The molecule has 1 aromatic carbocycles. The zero-order chi connectivity index (χ0) is 15.2. The van der Waals surface area contributed by atoms with Gasteiger partial charge in [0.1, 0.15) is 11.9 Å². The molecule has 1 atom stereocenters. The molecule has 0 spiro atoms. The number of hydrogen-bond donors (Lipinski definition) is 1. The maximum atomic E-state index is 12.8. The summed E-state index contributed by atoms with van der Waals surface area (Å²) in [6.07, 6.45) is 5.62. The van der Waals surface area contributed by atoms with Crippen molar-refractivity contribution in [2.75, 3.05) is 13.6 Å². The Morgan fingerprint density at radius 2 is 2.00 bits per heavy atom. The van der Waals surface area contributed by atoms with Gasteiger partial charge < -0.3 is 10.2 Å². The second-order valence-corrected chi connectivity index (χ2v) is 5.04. The Morgan fingerprint density at radius 1 is 1.29 bits per heavy atom. The highest BCUT2D eigenvalue weighted by molar-refractivity contribution is 5.95. The molecule has 0 aromatic heterocycles. The highest BCUT2D eigenvalue weighted by atomic mass is 19.1. The van der Waals surface area contributed by atoms with Crippen LogP contribution in [0.15, 0.2) is 30.3 Å². The van der Waals surface area contributed by atoms with E-state index in [0.29, 0.717) is 13.0 Å². The molecule has 0 radical (unpaired) electrons. The van der Waals surface area contributed by atoms with Crippen LogP contribution in [0.5, 0.6) is 0 Å². The Kier molecular flexibility index (Phi) is 5.09. The van der Waals surface area contributed by atoms with Crippen LogP contribution in [0.25, 0.3) is 6.08 Å². The van der Waals surface area contributed by atoms with E-state index in [0.717, 1.165) is 18.4 Å². The summed E-state index contributed by atoms with van der Waals surface area (Å²) >= 11 is 0. The Bertz CT molecular complexity index is 540. The quantitative estimate of drug-likeness (QED) is 0.865. The van der Waals surface area contributed by atoms with E-state index in [1.165, 1.54) is 18.2 Å². The third-order valence-electron chi connectivity index (χ3n) is 3.62. The lowest BCUT2D eigenvalue weighted by Crippen LogP contribution is -2.50. The summed E-state index contributed by atoms with van der Waals surface area (Å²) in [5.41, 5.74) is 0.748. The first kappa shape index (κ1) is 15.2. The Morgan fingerprint density at radius 3 is 2.67 bits per heavy atom. The normalized spacial score (nSPS) is 18.8. The SMILES string of the molecule is CNC(=O)C1CCCCN1C(=O)/C=C/c1ccc(F)cc1. The molecule has 1 aliphatic heterocycles. The van der Waals surface area contributed by atoms with Gasteiger partial charge in [-0.05, 0) is 43.0 Å². The molecule has 1 aromatic rings. The number of carbonyl (C=O) groups excluding carboxylic acids is 2. The number of amides is 2. The molecule has 5 heteroatoms. The number of hydrogen-bond acceptors (Lipinski definition) is 2. The molecule has 0 aliphatic carbocycles. The smallest absolute Gasteiger partial charge is 0.247 e. The molecule has 1 N–H and O–H groups in total. The maximum absolute atomic E-state index is 12.8. The van der Waals surface area contributed by atoms with Crippen LogP contribution in [0, 0.1) is 5.82 Å². The van der Waals surface area contributed by atoms with E-state index in [1.807, 2.05) is 0 Å². The maximum Gasteiger partial charge on any atom is 0.247 e. The van der Waals surface area contributed by atoms with Gasteiger partial charge in [0, 0.05) is 19.7 Å². The van der Waals surface area contributed by atoms with Crippen LogP contribution in [-0.4, -0.2) is 36.3 Å². The second kappa shape index (κ2) is 7.02. The predicted octanol–water partition coefficient (Wildman–Crippen LogP) is 1.97. The number of likely N-dealkylation sites (N-methyl/N-ethyl adjacent to an activating group) is 1. The van der Waals surface area contributed by atoms with E-state index in [4.69, 9.17) is 0 Å². The van der Waals surface area contributed by atoms with E-state index in [2.05, 4.69) is 5.32 Å². The summed E-state index contributed by atoms with van der Waals surface area (Å²) in [5.74, 6) is -0.625. The number of halogens is 1. The van der Waals surface area contributed by atoms with E-state index in [-0.39, 0.29) is 17.6 Å². The largest absolute Gasteiger partial charge is 0.357 e. The van der Waals surface area contributed by atoms with Crippen molar-refractivity contribution in [1.29, 1.82) is 0 Å². The molecule has 112 valence electrons. The fraction of sp³-hybridized carbons (Fsp3) is 0.375. The van der Waals surface area contributed by atoms with Gasteiger partial charge in [0.25, 0.3) is 0 Å². The van der Waals surface area contributed by atoms with Gasteiger partial charge in [0.2, 0.25) is 11.8 Å².